The number of nitrogens with zero attached hydrogens (tertiary/aromatic N) is 3. The van der Waals surface area contributed by atoms with Crippen LogP contribution in [0.15, 0.2) is 29.3 Å². The van der Waals surface area contributed by atoms with Gasteiger partial charge in [0.2, 0.25) is 5.88 Å². The molecule has 0 aromatic carbocycles. The fourth-order valence-corrected chi connectivity index (χ4v) is 2.45. The molecule has 0 aliphatic carbocycles. The molecule has 142 valence electrons. The van der Waals surface area contributed by atoms with E-state index in [1.54, 1.807) is 6.20 Å². The minimum atomic E-state index is -0.448. The Morgan fingerprint density at radius 1 is 1.15 bits per heavy atom. The largest absolute Gasteiger partial charge is 0.485 e. The summed E-state index contributed by atoms with van der Waals surface area (Å²) in [5.74, 6) is 0.856. The number of ether oxygens (including phenoxy) is 2. The van der Waals surface area contributed by atoms with E-state index >= 15 is 0 Å². The van der Waals surface area contributed by atoms with Crippen molar-refractivity contribution in [1.82, 2.24) is 14.8 Å². The first kappa shape index (κ1) is 20.2. The lowest BCUT2D eigenvalue weighted by molar-refractivity contribution is 0.287. The quantitative estimate of drug-likeness (QED) is 0.643. The van der Waals surface area contributed by atoms with Crippen LogP contribution in [-0.4, -0.2) is 21.4 Å². The van der Waals surface area contributed by atoms with Crippen LogP contribution in [0, 0.1) is 0 Å². The molecule has 0 amide bonds. The average Bonchev–Trinajstić information content (AvgIpc) is 2.60. The van der Waals surface area contributed by atoms with Crippen molar-refractivity contribution < 1.29 is 9.47 Å². The van der Waals surface area contributed by atoms with Gasteiger partial charge in [0, 0.05) is 17.8 Å². The fraction of sp³-hybridized carbons (Fsp3) is 0.526. The molecule has 0 unspecified atom stereocenters. The predicted molar refractivity (Wildman–Crippen MR) is 102 cm³/mol. The molecular weight excluding hydrogens is 354 g/mol. The summed E-state index contributed by atoms with van der Waals surface area (Å²) in [5.41, 5.74) is 0.0310. The molecule has 2 aromatic rings. The Morgan fingerprint density at radius 2 is 1.92 bits per heavy atom. The average molecular weight is 380 g/mol. The van der Waals surface area contributed by atoms with Crippen LogP contribution in [0.2, 0.25) is 5.02 Å². The fourth-order valence-electron chi connectivity index (χ4n) is 2.27. The Balaban J connectivity index is 1.97. The van der Waals surface area contributed by atoms with Crippen molar-refractivity contribution in [3.63, 3.8) is 0 Å². The Bertz CT molecular complexity index is 767. The molecule has 0 N–H and O–H groups in total. The number of hydrogen-bond donors (Lipinski definition) is 0. The highest BCUT2D eigenvalue weighted by atomic mass is 35.5. The van der Waals surface area contributed by atoms with E-state index in [9.17, 15) is 4.79 Å². The predicted octanol–water partition coefficient (Wildman–Crippen LogP) is 4.19. The van der Waals surface area contributed by atoms with E-state index in [0.717, 1.165) is 24.8 Å². The first-order valence-electron chi connectivity index (χ1n) is 8.81. The highest BCUT2D eigenvalue weighted by Crippen LogP contribution is 2.22. The van der Waals surface area contributed by atoms with Crippen LogP contribution < -0.4 is 15.0 Å². The topological polar surface area (TPSA) is 66.2 Å². The summed E-state index contributed by atoms with van der Waals surface area (Å²) in [7, 11) is 0. The third-order valence-corrected chi connectivity index (χ3v) is 4.06. The molecule has 0 radical (unpaired) electrons. The van der Waals surface area contributed by atoms with Gasteiger partial charge in [0.15, 0.2) is 10.8 Å². The molecule has 2 heterocycles. The van der Waals surface area contributed by atoms with Crippen molar-refractivity contribution in [2.45, 2.75) is 59.1 Å². The molecule has 26 heavy (non-hydrogen) atoms. The highest BCUT2D eigenvalue weighted by Gasteiger charge is 2.20. The Kier molecular flexibility index (Phi) is 7.03. The summed E-state index contributed by atoms with van der Waals surface area (Å²) in [6.45, 7) is 8.72. The van der Waals surface area contributed by atoms with Crippen molar-refractivity contribution in [1.29, 1.82) is 0 Å². The van der Waals surface area contributed by atoms with E-state index in [2.05, 4.69) is 17.0 Å². The monoisotopic (exact) mass is 379 g/mol. The molecular formula is C19H26ClN3O3. The maximum absolute atomic E-state index is 12.3. The van der Waals surface area contributed by atoms with Gasteiger partial charge in [-0.05, 0) is 33.3 Å². The lowest BCUT2D eigenvalue weighted by Crippen LogP contribution is -2.36. The number of hydrogen-bond acceptors (Lipinski definition) is 5. The molecule has 2 rings (SSSR count). The highest BCUT2D eigenvalue weighted by molar-refractivity contribution is 6.31. The molecule has 7 heteroatoms. The summed E-state index contributed by atoms with van der Waals surface area (Å²) in [6.07, 6.45) is 6.48. The molecule has 0 bridgehead atoms. The molecule has 0 saturated heterocycles. The van der Waals surface area contributed by atoms with E-state index in [-0.39, 0.29) is 22.9 Å². The lowest BCUT2D eigenvalue weighted by Gasteiger charge is -2.21. The minimum absolute atomic E-state index is 0.0266. The second-order valence-electron chi connectivity index (χ2n) is 7.06. The van der Waals surface area contributed by atoms with Crippen LogP contribution in [0.5, 0.6) is 11.6 Å². The van der Waals surface area contributed by atoms with Gasteiger partial charge in [0.05, 0.1) is 18.3 Å². The van der Waals surface area contributed by atoms with E-state index in [4.69, 9.17) is 21.1 Å². The molecule has 0 spiro atoms. The summed E-state index contributed by atoms with van der Waals surface area (Å²) in [4.78, 5) is 16.6. The van der Waals surface area contributed by atoms with Crippen molar-refractivity contribution in [3.8, 4) is 11.6 Å². The number of unbranched alkanes of at least 4 members (excludes halogenated alkanes) is 2. The normalized spacial score (nSPS) is 11.4. The Morgan fingerprint density at radius 3 is 2.54 bits per heavy atom. The smallest absolute Gasteiger partial charge is 0.289 e. The standard InChI is InChI=1S/C19H26ClN3O3/c1-5-6-7-10-25-16-9-8-14(11-21-16)13-26-15-12-22-23(19(2,3)4)18(24)17(15)20/h8-9,11-12H,5-7,10,13H2,1-4H3. The van der Waals surface area contributed by atoms with Crippen molar-refractivity contribution in [2.24, 2.45) is 0 Å². The van der Waals surface area contributed by atoms with Gasteiger partial charge in [-0.2, -0.15) is 5.10 Å². The summed E-state index contributed by atoms with van der Waals surface area (Å²) < 4.78 is 12.6. The van der Waals surface area contributed by atoms with Crippen LogP contribution in [-0.2, 0) is 12.1 Å². The molecule has 0 aliphatic heterocycles. The number of aromatic nitrogens is 3. The van der Waals surface area contributed by atoms with Crippen molar-refractivity contribution in [3.05, 3.63) is 45.5 Å². The van der Waals surface area contributed by atoms with E-state index in [1.165, 1.54) is 10.9 Å². The first-order valence-corrected chi connectivity index (χ1v) is 9.19. The Hall–Kier alpha value is -2.08. The van der Waals surface area contributed by atoms with E-state index in [1.807, 2.05) is 32.9 Å². The van der Waals surface area contributed by atoms with Crippen LogP contribution in [0.3, 0.4) is 0 Å². The van der Waals surface area contributed by atoms with Crippen LogP contribution >= 0.6 is 11.6 Å². The van der Waals surface area contributed by atoms with Gasteiger partial charge in [-0.25, -0.2) is 9.67 Å². The van der Waals surface area contributed by atoms with Gasteiger partial charge in [-0.3, -0.25) is 4.79 Å². The Labute approximate surface area is 159 Å². The molecule has 6 nitrogen and oxygen atoms in total. The van der Waals surface area contributed by atoms with Crippen molar-refractivity contribution in [2.75, 3.05) is 6.61 Å². The van der Waals surface area contributed by atoms with Gasteiger partial charge in [0.1, 0.15) is 6.61 Å². The third kappa shape index (κ3) is 5.46. The van der Waals surface area contributed by atoms with Gasteiger partial charge in [0.25, 0.3) is 5.56 Å². The zero-order valence-corrected chi connectivity index (χ0v) is 16.5. The molecule has 0 fully saturated rings. The van der Waals surface area contributed by atoms with Gasteiger partial charge >= 0.3 is 0 Å². The summed E-state index contributed by atoms with van der Waals surface area (Å²) in [6, 6.07) is 3.68. The number of rotatable bonds is 8. The summed E-state index contributed by atoms with van der Waals surface area (Å²) >= 11 is 6.14. The SMILES string of the molecule is CCCCCOc1ccc(COc2cnn(C(C)(C)C)c(=O)c2Cl)cn1. The van der Waals surface area contributed by atoms with Gasteiger partial charge < -0.3 is 9.47 Å². The van der Waals surface area contributed by atoms with Crippen molar-refractivity contribution >= 4 is 11.6 Å². The number of halogens is 1. The molecule has 0 aliphatic rings. The second kappa shape index (κ2) is 9.03. The van der Waals surface area contributed by atoms with E-state index < -0.39 is 5.54 Å². The molecule has 0 saturated carbocycles. The first-order chi connectivity index (χ1) is 12.3. The summed E-state index contributed by atoms with van der Waals surface area (Å²) in [5, 5.41) is 4.17. The minimum Gasteiger partial charge on any atom is -0.485 e. The zero-order chi connectivity index (χ0) is 19.2. The van der Waals surface area contributed by atoms with Crippen LogP contribution in [0.25, 0.3) is 0 Å². The third-order valence-electron chi connectivity index (χ3n) is 3.71. The number of pyridine rings is 1. The van der Waals surface area contributed by atoms with E-state index in [0.29, 0.717) is 12.5 Å². The second-order valence-corrected chi connectivity index (χ2v) is 7.44. The van der Waals surface area contributed by atoms with Gasteiger partial charge in [-0.15, -0.1) is 0 Å². The zero-order valence-electron chi connectivity index (χ0n) is 15.8. The maximum Gasteiger partial charge on any atom is 0.289 e. The molecule has 2 aromatic heterocycles. The van der Waals surface area contributed by atoms with Crippen LogP contribution in [0.1, 0.15) is 52.5 Å². The van der Waals surface area contributed by atoms with Gasteiger partial charge in [-0.1, -0.05) is 31.4 Å². The lowest BCUT2D eigenvalue weighted by atomic mass is 10.1. The maximum atomic E-state index is 12.3. The molecule has 0 atom stereocenters. The van der Waals surface area contributed by atoms with Crippen LogP contribution in [0.4, 0.5) is 0 Å².